The van der Waals surface area contributed by atoms with Crippen LogP contribution >= 0.6 is 0 Å². The van der Waals surface area contributed by atoms with E-state index >= 15 is 0 Å². The van der Waals surface area contributed by atoms with Gasteiger partial charge in [0.15, 0.2) is 11.5 Å². The first-order chi connectivity index (χ1) is 15.9. The minimum absolute atomic E-state index is 0.109. The summed E-state index contributed by atoms with van der Waals surface area (Å²) in [6, 6.07) is 16.3. The van der Waals surface area contributed by atoms with Crippen LogP contribution in [0.2, 0.25) is 0 Å². The lowest BCUT2D eigenvalue weighted by atomic mass is 9.97. The lowest BCUT2D eigenvalue weighted by molar-refractivity contribution is 0.731. The first-order valence-corrected chi connectivity index (χ1v) is 11.0. The van der Waals surface area contributed by atoms with Gasteiger partial charge in [-0.1, -0.05) is 62.4 Å². The Hall–Kier alpha value is -4.00. The fraction of sp³-hybridized carbons (Fsp3) is 0.231. The van der Waals surface area contributed by atoms with Gasteiger partial charge in [0.05, 0.1) is 24.8 Å². The number of benzene rings is 2. The fourth-order valence-electron chi connectivity index (χ4n) is 4.18. The molecule has 0 radical (unpaired) electrons. The lowest BCUT2D eigenvalue weighted by Gasteiger charge is -2.11. The topological polar surface area (TPSA) is 70.5 Å². The van der Waals surface area contributed by atoms with Crippen LogP contribution in [-0.4, -0.2) is 28.7 Å². The van der Waals surface area contributed by atoms with Gasteiger partial charge >= 0.3 is 5.69 Å². The van der Waals surface area contributed by atoms with Crippen LogP contribution in [0.15, 0.2) is 72.0 Å². The minimum Gasteiger partial charge on any atom is -0.340 e. The fourth-order valence-corrected chi connectivity index (χ4v) is 4.18. The SMILES string of the molecule is CC(C)c1ccccc1-c1ncc2c(n1)n(Cc1ccc(-c3cn(C)cn3)cc1)c(=O)n2C. The van der Waals surface area contributed by atoms with E-state index in [1.807, 2.05) is 60.3 Å². The number of rotatable bonds is 5. The number of nitrogens with zero attached hydrogens (tertiary/aromatic N) is 6. The number of imidazole rings is 2. The van der Waals surface area contributed by atoms with Crippen LogP contribution in [0.4, 0.5) is 0 Å². The molecule has 7 heteroatoms. The molecular weight excluding hydrogens is 412 g/mol. The van der Waals surface area contributed by atoms with Gasteiger partial charge in [-0.15, -0.1) is 0 Å². The predicted octanol–water partition coefficient (Wildman–Crippen LogP) is 4.37. The number of hydrogen-bond acceptors (Lipinski definition) is 4. The van der Waals surface area contributed by atoms with Crippen molar-refractivity contribution in [1.82, 2.24) is 28.7 Å². The molecule has 0 saturated carbocycles. The molecule has 33 heavy (non-hydrogen) atoms. The number of hydrogen-bond donors (Lipinski definition) is 0. The van der Waals surface area contributed by atoms with E-state index in [0.29, 0.717) is 23.9 Å². The molecule has 3 aromatic heterocycles. The molecule has 2 aromatic carbocycles. The normalized spacial score (nSPS) is 11.5. The third-order valence-electron chi connectivity index (χ3n) is 6.00. The van der Waals surface area contributed by atoms with Crippen LogP contribution in [0.3, 0.4) is 0 Å². The zero-order valence-corrected chi connectivity index (χ0v) is 19.2. The van der Waals surface area contributed by atoms with Gasteiger partial charge in [-0.2, -0.15) is 0 Å². The van der Waals surface area contributed by atoms with Gasteiger partial charge in [-0.25, -0.2) is 19.7 Å². The van der Waals surface area contributed by atoms with E-state index < -0.39 is 0 Å². The third-order valence-corrected chi connectivity index (χ3v) is 6.00. The molecule has 5 rings (SSSR count). The van der Waals surface area contributed by atoms with Crippen LogP contribution in [0.5, 0.6) is 0 Å². The van der Waals surface area contributed by atoms with Crippen LogP contribution in [0.25, 0.3) is 33.8 Å². The zero-order valence-electron chi connectivity index (χ0n) is 19.2. The summed E-state index contributed by atoms with van der Waals surface area (Å²) in [5, 5.41) is 0. The maximum Gasteiger partial charge on any atom is 0.330 e. The van der Waals surface area contributed by atoms with E-state index in [1.54, 1.807) is 28.7 Å². The van der Waals surface area contributed by atoms with E-state index in [-0.39, 0.29) is 5.69 Å². The Kier molecular flexibility index (Phi) is 5.17. The van der Waals surface area contributed by atoms with Gasteiger partial charge in [-0.05, 0) is 17.0 Å². The number of aromatic nitrogens is 6. The highest BCUT2D eigenvalue weighted by atomic mass is 16.1. The molecule has 7 nitrogen and oxygen atoms in total. The smallest absolute Gasteiger partial charge is 0.330 e. The van der Waals surface area contributed by atoms with E-state index in [0.717, 1.165) is 27.9 Å². The Morgan fingerprint density at radius 2 is 1.73 bits per heavy atom. The molecule has 0 N–H and O–H groups in total. The largest absolute Gasteiger partial charge is 0.340 e. The monoisotopic (exact) mass is 438 g/mol. The molecule has 0 saturated heterocycles. The summed E-state index contributed by atoms with van der Waals surface area (Å²) >= 11 is 0. The number of fused-ring (bicyclic) bond motifs is 1. The van der Waals surface area contributed by atoms with Crippen molar-refractivity contribution >= 4 is 11.2 Å². The Morgan fingerprint density at radius 1 is 0.970 bits per heavy atom. The third kappa shape index (κ3) is 3.75. The van der Waals surface area contributed by atoms with Crippen molar-refractivity contribution < 1.29 is 0 Å². The van der Waals surface area contributed by atoms with Crippen LogP contribution in [-0.2, 0) is 20.6 Å². The van der Waals surface area contributed by atoms with Gasteiger partial charge in [0.25, 0.3) is 0 Å². The Balaban J connectivity index is 1.55. The highest BCUT2D eigenvalue weighted by molar-refractivity contribution is 5.74. The van der Waals surface area contributed by atoms with Crippen molar-refractivity contribution in [2.24, 2.45) is 14.1 Å². The maximum atomic E-state index is 13.1. The summed E-state index contributed by atoms with van der Waals surface area (Å²) in [7, 11) is 3.71. The first-order valence-electron chi connectivity index (χ1n) is 11.0. The number of aryl methyl sites for hydroxylation is 2. The van der Waals surface area contributed by atoms with Gasteiger partial charge in [0.2, 0.25) is 0 Å². The highest BCUT2D eigenvalue weighted by Crippen LogP contribution is 2.27. The molecule has 0 fully saturated rings. The molecule has 0 amide bonds. The van der Waals surface area contributed by atoms with E-state index in [2.05, 4.69) is 29.9 Å². The van der Waals surface area contributed by atoms with Crippen molar-refractivity contribution in [1.29, 1.82) is 0 Å². The quantitative estimate of drug-likeness (QED) is 0.409. The summed E-state index contributed by atoms with van der Waals surface area (Å²) in [6.07, 6.45) is 5.52. The minimum atomic E-state index is -0.109. The second-order valence-electron chi connectivity index (χ2n) is 8.69. The first kappa shape index (κ1) is 20.9. The molecule has 3 heterocycles. The summed E-state index contributed by atoms with van der Waals surface area (Å²) in [5.41, 5.74) is 6.42. The van der Waals surface area contributed by atoms with Crippen LogP contribution in [0, 0.1) is 0 Å². The molecule has 5 aromatic rings. The van der Waals surface area contributed by atoms with Gasteiger partial charge in [-0.3, -0.25) is 9.13 Å². The zero-order chi connectivity index (χ0) is 23.1. The molecule has 0 aliphatic carbocycles. The van der Waals surface area contributed by atoms with Gasteiger partial charge in [0, 0.05) is 31.4 Å². The molecule has 0 unspecified atom stereocenters. The maximum absolute atomic E-state index is 13.1. The van der Waals surface area contributed by atoms with E-state index in [4.69, 9.17) is 4.98 Å². The van der Waals surface area contributed by atoms with Crippen LogP contribution in [0.1, 0.15) is 30.9 Å². The van der Waals surface area contributed by atoms with Crippen molar-refractivity contribution in [2.75, 3.05) is 0 Å². The van der Waals surface area contributed by atoms with Gasteiger partial charge in [0.1, 0.15) is 5.52 Å². The summed E-state index contributed by atoms with van der Waals surface area (Å²) in [5.74, 6) is 0.979. The predicted molar refractivity (Wildman–Crippen MR) is 130 cm³/mol. The van der Waals surface area contributed by atoms with E-state index in [9.17, 15) is 4.79 Å². The average Bonchev–Trinajstić information content (AvgIpc) is 3.36. The van der Waals surface area contributed by atoms with Crippen molar-refractivity contribution in [3.63, 3.8) is 0 Å². The molecule has 0 bridgehead atoms. The second kappa shape index (κ2) is 8.16. The molecular formula is C26H26N6O. The Labute approximate surface area is 192 Å². The second-order valence-corrected chi connectivity index (χ2v) is 8.69. The molecule has 0 aliphatic rings. The summed E-state index contributed by atoms with van der Waals surface area (Å²) < 4.78 is 5.25. The van der Waals surface area contributed by atoms with E-state index in [1.165, 1.54) is 5.56 Å². The van der Waals surface area contributed by atoms with Crippen molar-refractivity contribution in [3.8, 4) is 22.6 Å². The summed E-state index contributed by atoms with van der Waals surface area (Å²) in [4.78, 5) is 26.9. The molecule has 0 spiro atoms. The molecule has 0 atom stereocenters. The molecule has 166 valence electrons. The van der Waals surface area contributed by atoms with Crippen LogP contribution < -0.4 is 5.69 Å². The highest BCUT2D eigenvalue weighted by Gasteiger charge is 2.17. The van der Waals surface area contributed by atoms with Crippen molar-refractivity contribution in [2.45, 2.75) is 26.3 Å². The van der Waals surface area contributed by atoms with Gasteiger partial charge < -0.3 is 4.57 Å². The summed E-state index contributed by atoms with van der Waals surface area (Å²) in [6.45, 7) is 4.75. The standard InChI is InChI=1S/C26H26N6O/c1-17(2)20-7-5-6-8-21(20)24-27-13-23-25(29-24)32(26(33)31(23)4)14-18-9-11-19(12-10-18)22-15-30(3)16-28-22/h5-13,15-17H,14H2,1-4H3. The Bertz CT molecular complexity index is 1500. The molecule has 0 aliphatic heterocycles. The Morgan fingerprint density at radius 3 is 2.42 bits per heavy atom. The lowest BCUT2D eigenvalue weighted by Crippen LogP contribution is -2.22. The van der Waals surface area contributed by atoms with Crippen molar-refractivity contribution in [3.05, 3.63) is 88.9 Å². The average molecular weight is 439 g/mol.